The first kappa shape index (κ1) is 57.1. The summed E-state index contributed by atoms with van der Waals surface area (Å²) in [6, 6.07) is 35.3. The number of carbonyl (C=O) groups is 7. The standard InChI is InChI=1S/C62H72N10O9/c63-28-31-65-62(79)81-47-36-55-60(77)67-50(25-22-40-12-4-1-5-13-40)56(73)70-53(35-45-37-66-49-19-11-10-18-48(45)49)59(76)69-52(33-43-26-29-64-30-27-43)57(74)68-51(32-42-20-23-46(24-21-42)80-39-44-16-8-3-9-17-44)58(75)71-54(61(78)72(55)38-47)34-41-14-6-2-7-15-41/h1-21,23-24,37,43,47,50-55,64,66H,22,25-36,38-39,63H2,(H,65,79)(H,67,77)(H,68,74)(H,69,76)(H,70,73)(H,71,75)/t47-,50-,51+,52?,53-,54?,55+/m1/s1. The topological polar surface area (TPSA) is 267 Å². The van der Waals surface area contributed by atoms with Gasteiger partial charge in [0.25, 0.3) is 0 Å². The van der Waals surface area contributed by atoms with Crippen LogP contribution in [0, 0.1) is 5.92 Å². The zero-order chi connectivity index (χ0) is 56.5. The van der Waals surface area contributed by atoms with E-state index in [1.54, 1.807) is 42.6 Å². The van der Waals surface area contributed by atoms with Gasteiger partial charge in [0.05, 0.1) is 6.54 Å². The Morgan fingerprint density at radius 2 is 1.15 bits per heavy atom. The number of rotatable bonds is 17. The number of aromatic nitrogens is 1. The van der Waals surface area contributed by atoms with E-state index < -0.39 is 83.9 Å². The Kier molecular flexibility index (Phi) is 19.8. The normalized spacial score (nSPS) is 22.5. The van der Waals surface area contributed by atoms with Crippen LogP contribution in [0.2, 0.25) is 0 Å². The molecule has 2 unspecified atom stereocenters. The summed E-state index contributed by atoms with van der Waals surface area (Å²) in [5.41, 5.74) is 10.4. The first-order valence-electron chi connectivity index (χ1n) is 28.0. The van der Waals surface area contributed by atoms with E-state index in [4.69, 9.17) is 15.2 Å². The summed E-state index contributed by atoms with van der Waals surface area (Å²) in [7, 11) is 0. The molecule has 6 aromatic rings. The number of H-pyrrole nitrogens is 1. The fourth-order valence-corrected chi connectivity index (χ4v) is 10.9. The molecule has 424 valence electrons. The summed E-state index contributed by atoms with van der Waals surface area (Å²) < 4.78 is 11.9. The van der Waals surface area contributed by atoms with Crippen LogP contribution in [0.25, 0.3) is 10.9 Å². The van der Waals surface area contributed by atoms with Crippen molar-refractivity contribution >= 4 is 52.4 Å². The average Bonchev–Trinajstić information content (AvgIpc) is 4.11. The van der Waals surface area contributed by atoms with Crippen LogP contribution in [-0.2, 0) is 65.8 Å². The molecule has 5 aromatic carbocycles. The third-order valence-corrected chi connectivity index (χ3v) is 15.3. The van der Waals surface area contributed by atoms with E-state index >= 15 is 28.8 Å². The molecular weight excluding hydrogens is 1030 g/mol. The van der Waals surface area contributed by atoms with E-state index in [0.29, 0.717) is 43.0 Å². The van der Waals surface area contributed by atoms with Crippen molar-refractivity contribution in [1.29, 1.82) is 0 Å². The largest absolute Gasteiger partial charge is 0.489 e. The van der Waals surface area contributed by atoms with Gasteiger partial charge in [0, 0.05) is 55.9 Å². The molecular formula is C62H72N10O9. The Morgan fingerprint density at radius 1 is 0.593 bits per heavy atom. The third-order valence-electron chi connectivity index (χ3n) is 15.3. The molecule has 0 spiro atoms. The first-order chi connectivity index (χ1) is 39.5. The van der Waals surface area contributed by atoms with Gasteiger partial charge in [-0.3, -0.25) is 28.8 Å². The lowest BCUT2D eigenvalue weighted by atomic mass is 9.90. The van der Waals surface area contributed by atoms with Gasteiger partial charge in [0.2, 0.25) is 35.4 Å². The van der Waals surface area contributed by atoms with Crippen molar-refractivity contribution < 1.29 is 43.0 Å². The number of carbonyl (C=O) groups excluding carboxylic acids is 7. The van der Waals surface area contributed by atoms with Crippen molar-refractivity contribution in [2.24, 2.45) is 11.7 Å². The molecule has 7 atom stereocenters. The number of aromatic amines is 1. The van der Waals surface area contributed by atoms with E-state index in [0.717, 1.165) is 40.4 Å². The van der Waals surface area contributed by atoms with Crippen LogP contribution in [0.1, 0.15) is 59.9 Å². The number of para-hydroxylation sites is 1. The second kappa shape index (κ2) is 28.0. The molecule has 1 aromatic heterocycles. The van der Waals surface area contributed by atoms with Crippen LogP contribution in [-0.4, -0.2) is 126 Å². The number of alkyl carbamates (subject to hydrolysis) is 1. The summed E-state index contributed by atoms with van der Waals surface area (Å²) >= 11 is 0. The number of benzene rings is 5. The molecule has 3 aliphatic rings. The quantitative estimate of drug-likeness (QED) is 0.0633. The fourth-order valence-electron chi connectivity index (χ4n) is 10.9. The highest BCUT2D eigenvalue weighted by atomic mass is 16.6. The fraction of sp³-hybridized carbons (Fsp3) is 0.371. The summed E-state index contributed by atoms with van der Waals surface area (Å²) in [6.07, 6.45) is 1.88. The van der Waals surface area contributed by atoms with Crippen molar-refractivity contribution in [1.82, 2.24) is 47.1 Å². The molecule has 3 fully saturated rings. The molecule has 19 nitrogen and oxygen atoms in total. The minimum atomic E-state index is -1.32. The Hall–Kier alpha value is -8.55. The van der Waals surface area contributed by atoms with Crippen LogP contribution in [0.15, 0.2) is 146 Å². The number of amides is 7. The van der Waals surface area contributed by atoms with E-state index in [-0.39, 0.29) is 64.1 Å². The van der Waals surface area contributed by atoms with Gasteiger partial charge in [-0.25, -0.2) is 4.79 Å². The summed E-state index contributed by atoms with van der Waals surface area (Å²) in [5, 5.41) is 21.7. The minimum absolute atomic E-state index is 0.00232. The highest BCUT2D eigenvalue weighted by molar-refractivity contribution is 5.99. The summed E-state index contributed by atoms with van der Waals surface area (Å²) in [4.78, 5) is 109. The van der Waals surface area contributed by atoms with Gasteiger partial charge < -0.3 is 62.3 Å². The van der Waals surface area contributed by atoms with Crippen molar-refractivity contribution in [3.63, 3.8) is 0 Å². The Labute approximate surface area is 471 Å². The molecule has 4 heterocycles. The van der Waals surface area contributed by atoms with Crippen LogP contribution in [0.3, 0.4) is 0 Å². The lowest BCUT2D eigenvalue weighted by Crippen LogP contribution is -2.62. The van der Waals surface area contributed by atoms with Crippen LogP contribution >= 0.6 is 0 Å². The van der Waals surface area contributed by atoms with Crippen molar-refractivity contribution in [3.8, 4) is 5.75 Å². The van der Waals surface area contributed by atoms with E-state index in [2.05, 4.69) is 42.2 Å². The lowest BCUT2D eigenvalue weighted by molar-refractivity contribution is -0.143. The van der Waals surface area contributed by atoms with Gasteiger partial charge >= 0.3 is 6.09 Å². The molecule has 10 N–H and O–H groups in total. The predicted octanol–water partition coefficient (Wildman–Crippen LogP) is 3.89. The molecule has 19 heteroatoms. The molecule has 0 aliphatic carbocycles. The van der Waals surface area contributed by atoms with Gasteiger partial charge in [-0.05, 0) is 97.1 Å². The van der Waals surface area contributed by atoms with Crippen LogP contribution < -0.4 is 47.7 Å². The summed E-state index contributed by atoms with van der Waals surface area (Å²) in [5.74, 6) is -3.42. The number of ether oxygens (including phenoxy) is 2. The van der Waals surface area contributed by atoms with Crippen molar-refractivity contribution in [2.75, 3.05) is 32.7 Å². The number of piperidine rings is 1. The highest BCUT2D eigenvalue weighted by Crippen LogP contribution is 2.26. The van der Waals surface area contributed by atoms with Gasteiger partial charge in [-0.15, -0.1) is 0 Å². The van der Waals surface area contributed by atoms with Crippen molar-refractivity contribution in [3.05, 3.63) is 174 Å². The number of nitrogens with two attached hydrogens (primary N) is 1. The van der Waals surface area contributed by atoms with Crippen molar-refractivity contribution in [2.45, 2.75) is 107 Å². The maximum Gasteiger partial charge on any atom is 0.407 e. The Balaban J connectivity index is 1.10. The predicted molar refractivity (Wildman–Crippen MR) is 305 cm³/mol. The third kappa shape index (κ3) is 15.9. The smallest absolute Gasteiger partial charge is 0.407 e. The molecule has 3 aliphatic heterocycles. The highest BCUT2D eigenvalue weighted by Gasteiger charge is 2.45. The van der Waals surface area contributed by atoms with Gasteiger partial charge in [-0.2, -0.15) is 0 Å². The van der Waals surface area contributed by atoms with E-state index in [9.17, 15) is 4.79 Å². The molecule has 3 saturated heterocycles. The SMILES string of the molecule is NCCNC(=O)O[C@@H]1C[C@H]2C(=O)N[C@H](CCc3ccccc3)C(=O)N[C@H](Cc3c[nH]c4ccccc34)C(=O)NC(CC3CCNCC3)C(=O)N[C@@H](Cc3ccc(OCc4ccccc4)cc3)C(=O)NC(Cc3ccccc3)C(=O)N2C1. The maximum atomic E-state index is 15.4. The van der Waals surface area contributed by atoms with Gasteiger partial charge in [-0.1, -0.05) is 121 Å². The van der Waals surface area contributed by atoms with Crippen LogP contribution in [0.5, 0.6) is 5.75 Å². The average molecular weight is 1100 g/mol. The molecule has 9 rings (SSSR count). The van der Waals surface area contributed by atoms with E-state index in [1.807, 2.05) is 103 Å². The zero-order valence-electron chi connectivity index (χ0n) is 45.3. The molecule has 0 saturated carbocycles. The zero-order valence-corrected chi connectivity index (χ0v) is 45.3. The number of aryl methyl sites for hydroxylation is 1. The molecule has 0 radical (unpaired) electrons. The lowest BCUT2D eigenvalue weighted by Gasteiger charge is -2.32. The number of fused-ring (bicyclic) bond motifs is 2. The molecule has 7 amide bonds. The number of nitrogens with one attached hydrogen (secondary N) is 8. The van der Waals surface area contributed by atoms with Gasteiger partial charge in [0.1, 0.15) is 54.7 Å². The maximum absolute atomic E-state index is 15.4. The first-order valence-corrected chi connectivity index (χ1v) is 28.0. The van der Waals surface area contributed by atoms with E-state index in [1.165, 1.54) is 4.90 Å². The minimum Gasteiger partial charge on any atom is -0.489 e. The van der Waals surface area contributed by atoms with Crippen LogP contribution in [0.4, 0.5) is 4.79 Å². The number of hydrogen-bond acceptors (Lipinski definition) is 11. The second-order valence-corrected chi connectivity index (χ2v) is 21.1. The number of nitrogens with zero attached hydrogens (tertiary/aromatic N) is 1. The Bertz CT molecular complexity index is 3080. The Morgan fingerprint density at radius 3 is 1.84 bits per heavy atom. The summed E-state index contributed by atoms with van der Waals surface area (Å²) in [6.45, 7) is 1.77. The molecule has 81 heavy (non-hydrogen) atoms. The van der Waals surface area contributed by atoms with Gasteiger partial charge in [0.15, 0.2) is 0 Å². The second-order valence-electron chi connectivity index (χ2n) is 21.1. The number of hydrogen-bond donors (Lipinski definition) is 9. The molecule has 0 bridgehead atoms. The monoisotopic (exact) mass is 1100 g/mol.